The Morgan fingerprint density at radius 1 is 1.00 bits per heavy atom. The van der Waals surface area contributed by atoms with Gasteiger partial charge in [0.05, 0.1) is 16.5 Å². The number of hydrogen-bond donors (Lipinski definition) is 1. The predicted octanol–water partition coefficient (Wildman–Crippen LogP) is 5.80. The summed E-state index contributed by atoms with van der Waals surface area (Å²) in [6.45, 7) is 9.26. The number of aryl methyl sites for hydroxylation is 2. The molecule has 0 aliphatic carbocycles. The first-order valence-electron chi connectivity index (χ1n) is 11.2. The van der Waals surface area contributed by atoms with Crippen molar-refractivity contribution in [1.29, 1.82) is 0 Å². The lowest BCUT2D eigenvalue weighted by atomic mass is 9.97. The molecule has 0 spiro atoms. The molecule has 1 aliphatic heterocycles. The summed E-state index contributed by atoms with van der Waals surface area (Å²) >= 11 is 3.12. The largest absolute Gasteiger partial charge is 0.481 e. The van der Waals surface area contributed by atoms with Gasteiger partial charge in [-0.1, -0.05) is 24.3 Å². The zero-order valence-corrected chi connectivity index (χ0v) is 21.6. The van der Waals surface area contributed by atoms with Crippen molar-refractivity contribution in [2.75, 3.05) is 0 Å². The minimum atomic E-state index is -0.933. The maximum absolute atomic E-state index is 12.0. The van der Waals surface area contributed by atoms with Crippen molar-refractivity contribution in [1.82, 2.24) is 14.8 Å². The normalized spacial score (nSPS) is 15.7. The van der Waals surface area contributed by atoms with Crippen molar-refractivity contribution in [2.24, 2.45) is 10.9 Å². The molecule has 4 heterocycles. The third-order valence-corrected chi connectivity index (χ3v) is 8.88. The van der Waals surface area contributed by atoms with Crippen LogP contribution in [0.5, 0.6) is 0 Å². The van der Waals surface area contributed by atoms with E-state index in [1.807, 2.05) is 47.9 Å². The van der Waals surface area contributed by atoms with E-state index in [9.17, 15) is 14.7 Å². The van der Waals surface area contributed by atoms with E-state index in [1.165, 1.54) is 16.2 Å². The van der Waals surface area contributed by atoms with Crippen LogP contribution in [-0.2, 0) is 4.79 Å². The fraction of sp³-hybridized carbons (Fsp3) is 0.269. The van der Waals surface area contributed by atoms with Crippen LogP contribution in [0.1, 0.15) is 62.8 Å². The summed E-state index contributed by atoms with van der Waals surface area (Å²) in [4.78, 5) is 31.7. The molecule has 1 unspecified atom stereocenters. The number of hydrogen-bond acceptors (Lipinski definition) is 7. The molecule has 178 valence electrons. The lowest BCUT2D eigenvalue weighted by Gasteiger charge is -2.16. The Morgan fingerprint density at radius 3 is 2.31 bits per heavy atom. The lowest BCUT2D eigenvalue weighted by Crippen LogP contribution is -2.21. The van der Waals surface area contributed by atoms with Gasteiger partial charge in [0.1, 0.15) is 16.9 Å². The van der Waals surface area contributed by atoms with Crippen molar-refractivity contribution < 1.29 is 14.7 Å². The van der Waals surface area contributed by atoms with Gasteiger partial charge >= 0.3 is 5.97 Å². The number of nitrogens with zero attached hydrogens (tertiary/aromatic N) is 4. The first kappa shape index (κ1) is 23.3. The van der Waals surface area contributed by atoms with Gasteiger partial charge in [0.2, 0.25) is 0 Å². The molecule has 35 heavy (non-hydrogen) atoms. The van der Waals surface area contributed by atoms with E-state index in [-0.39, 0.29) is 5.78 Å². The maximum Gasteiger partial charge on any atom is 0.308 e. The number of carbonyl (C=O) groups excluding carboxylic acids is 1. The van der Waals surface area contributed by atoms with Crippen LogP contribution in [0.3, 0.4) is 0 Å². The molecule has 4 aromatic rings. The highest BCUT2D eigenvalue weighted by Crippen LogP contribution is 2.41. The molecular weight excluding hydrogens is 480 g/mol. The molecule has 5 rings (SSSR count). The number of carboxylic acids is 1. The quantitative estimate of drug-likeness (QED) is 0.347. The molecule has 7 nitrogen and oxygen atoms in total. The molecule has 0 bridgehead atoms. The van der Waals surface area contributed by atoms with Gasteiger partial charge in [-0.25, -0.2) is 0 Å². The van der Waals surface area contributed by atoms with E-state index in [4.69, 9.17) is 4.99 Å². The second kappa shape index (κ2) is 8.66. The number of Topliss-reactive ketones (excluding diaryl/α,β-unsaturated/α-hetero) is 1. The SMILES string of the molecule is CC(=O)c1ccc(-c2ccc(C3=NC([C@H](C)C(=O)O)c4nnc(C)n4-c4sc(C)c(C)c43)cc2)s1. The Kier molecular flexibility index (Phi) is 5.77. The Morgan fingerprint density at radius 2 is 1.69 bits per heavy atom. The first-order chi connectivity index (χ1) is 16.7. The predicted molar refractivity (Wildman–Crippen MR) is 138 cm³/mol. The summed E-state index contributed by atoms with van der Waals surface area (Å²) in [5, 5.41) is 19.4. The van der Waals surface area contributed by atoms with Crippen LogP contribution < -0.4 is 0 Å². The Bertz CT molecular complexity index is 1510. The van der Waals surface area contributed by atoms with Crippen molar-refractivity contribution >= 4 is 40.1 Å². The summed E-state index contributed by atoms with van der Waals surface area (Å²) in [5.74, 6) is -0.406. The first-order valence-corrected chi connectivity index (χ1v) is 12.9. The molecule has 0 saturated carbocycles. The van der Waals surface area contributed by atoms with E-state index in [0.29, 0.717) is 11.6 Å². The highest BCUT2D eigenvalue weighted by molar-refractivity contribution is 7.17. The standard InChI is InChI=1S/C26H24N4O3S2/c1-12-15(4)34-25-21(12)23(27-22(13(2)26(32)33)24-29-28-16(5)30(24)25)18-8-6-17(7-9-18)20-11-10-19(35-20)14(3)31/h6-11,13,22H,1-5H3,(H,32,33)/t13-,22?/m0/s1. The summed E-state index contributed by atoms with van der Waals surface area (Å²) in [6, 6.07) is 11.2. The molecule has 0 amide bonds. The smallest absolute Gasteiger partial charge is 0.308 e. The van der Waals surface area contributed by atoms with Gasteiger partial charge in [-0.05, 0) is 57.9 Å². The van der Waals surface area contributed by atoms with Gasteiger partial charge in [-0.15, -0.1) is 32.9 Å². The number of thiophene rings is 2. The summed E-state index contributed by atoms with van der Waals surface area (Å²) in [5.41, 5.74) is 4.77. The zero-order chi connectivity index (χ0) is 25.0. The van der Waals surface area contributed by atoms with Gasteiger partial charge in [0, 0.05) is 20.9 Å². The second-order valence-electron chi connectivity index (χ2n) is 8.75. The van der Waals surface area contributed by atoms with Crippen LogP contribution in [0.2, 0.25) is 0 Å². The van der Waals surface area contributed by atoms with Crippen molar-refractivity contribution in [2.45, 2.75) is 40.7 Å². The van der Waals surface area contributed by atoms with Crippen LogP contribution in [0.4, 0.5) is 0 Å². The molecule has 0 fully saturated rings. The number of benzene rings is 1. The number of fused-ring (bicyclic) bond motifs is 3. The number of rotatable bonds is 5. The van der Waals surface area contributed by atoms with Gasteiger partial charge in [0.15, 0.2) is 11.6 Å². The van der Waals surface area contributed by atoms with E-state index < -0.39 is 17.9 Å². The average molecular weight is 505 g/mol. The molecule has 3 aromatic heterocycles. The second-order valence-corrected chi connectivity index (χ2v) is 11.0. The summed E-state index contributed by atoms with van der Waals surface area (Å²) in [7, 11) is 0. The van der Waals surface area contributed by atoms with Gasteiger partial charge in [-0.3, -0.25) is 19.1 Å². The third kappa shape index (κ3) is 3.84. The molecule has 9 heteroatoms. The number of ketones is 1. The van der Waals surface area contributed by atoms with Crippen LogP contribution >= 0.6 is 22.7 Å². The van der Waals surface area contributed by atoms with Gasteiger partial charge < -0.3 is 5.11 Å². The molecular formula is C26H24N4O3S2. The van der Waals surface area contributed by atoms with Crippen molar-refractivity contribution in [3.05, 3.63) is 74.5 Å². The monoisotopic (exact) mass is 504 g/mol. The molecule has 1 aromatic carbocycles. The molecule has 1 aliphatic rings. The maximum atomic E-state index is 12.0. The Labute approximate surface area is 210 Å². The summed E-state index contributed by atoms with van der Waals surface area (Å²) in [6.07, 6.45) is 0. The van der Waals surface area contributed by atoms with Crippen LogP contribution in [0, 0.1) is 26.7 Å². The highest BCUT2D eigenvalue weighted by atomic mass is 32.1. The highest BCUT2D eigenvalue weighted by Gasteiger charge is 2.36. The van der Waals surface area contributed by atoms with Crippen molar-refractivity contribution in [3.63, 3.8) is 0 Å². The molecule has 1 N–H and O–H groups in total. The zero-order valence-electron chi connectivity index (χ0n) is 20.0. The number of carbonyl (C=O) groups is 2. The number of aromatic nitrogens is 3. The average Bonchev–Trinajstić information content (AvgIpc) is 3.51. The lowest BCUT2D eigenvalue weighted by molar-refractivity contribution is -0.141. The number of carboxylic acid groups (broad SMARTS) is 1. The summed E-state index contributed by atoms with van der Waals surface area (Å²) < 4.78 is 1.96. The molecule has 2 atom stereocenters. The van der Waals surface area contributed by atoms with E-state index in [1.54, 1.807) is 25.2 Å². The van der Waals surface area contributed by atoms with E-state index in [0.717, 1.165) is 42.7 Å². The minimum absolute atomic E-state index is 0.0578. The van der Waals surface area contributed by atoms with E-state index in [2.05, 4.69) is 24.0 Å². The van der Waals surface area contributed by atoms with Crippen LogP contribution in [-0.4, -0.2) is 37.3 Å². The number of aliphatic imine (C=N–C) groups is 1. The minimum Gasteiger partial charge on any atom is -0.481 e. The topological polar surface area (TPSA) is 97.4 Å². The third-order valence-electron chi connectivity index (χ3n) is 6.45. The van der Waals surface area contributed by atoms with Gasteiger partial charge in [-0.2, -0.15) is 0 Å². The molecule has 0 saturated heterocycles. The van der Waals surface area contributed by atoms with Crippen LogP contribution in [0.25, 0.3) is 15.4 Å². The van der Waals surface area contributed by atoms with Crippen LogP contribution in [0.15, 0.2) is 41.4 Å². The Hall–Kier alpha value is -3.43. The number of aliphatic carboxylic acids is 1. The fourth-order valence-corrected chi connectivity index (χ4v) is 6.41. The Balaban J connectivity index is 1.68. The van der Waals surface area contributed by atoms with E-state index >= 15 is 0 Å². The van der Waals surface area contributed by atoms with Gasteiger partial charge in [0.25, 0.3) is 0 Å². The fourth-order valence-electron chi connectivity index (χ4n) is 4.29. The van der Waals surface area contributed by atoms with Crippen molar-refractivity contribution in [3.8, 4) is 15.4 Å². The molecule has 0 radical (unpaired) electrons.